The van der Waals surface area contributed by atoms with Crippen LogP contribution in [-0.4, -0.2) is 18.8 Å². The number of ether oxygens (including phenoxy) is 1. The first kappa shape index (κ1) is 15.2. The lowest BCUT2D eigenvalue weighted by molar-refractivity contribution is 0.181. The number of nitrogens with one attached hydrogen (secondary N) is 1. The SMILES string of the molecule is COc1ccc(F)c(NCC(O)c2c(F)cccc2F)c1. The standard InChI is InChI=1S/C15H14F3NO2/c1-21-9-5-6-10(16)13(7-9)19-8-14(20)15-11(17)3-2-4-12(15)18/h2-7,14,19-20H,8H2,1H3. The zero-order valence-electron chi connectivity index (χ0n) is 11.2. The van der Waals surface area contributed by atoms with Crippen LogP contribution >= 0.6 is 0 Å². The maximum atomic E-state index is 13.6. The summed E-state index contributed by atoms with van der Waals surface area (Å²) < 4.78 is 45.5. The summed E-state index contributed by atoms with van der Waals surface area (Å²) in [6.45, 7) is -0.248. The van der Waals surface area contributed by atoms with Gasteiger partial charge in [-0.25, -0.2) is 13.2 Å². The number of aliphatic hydroxyl groups excluding tert-OH is 1. The average molecular weight is 297 g/mol. The first-order chi connectivity index (χ1) is 10.0. The van der Waals surface area contributed by atoms with Crippen LogP contribution in [0.3, 0.4) is 0 Å². The molecule has 3 nitrogen and oxygen atoms in total. The molecule has 0 aliphatic rings. The number of benzene rings is 2. The predicted molar refractivity (Wildman–Crippen MR) is 72.8 cm³/mol. The van der Waals surface area contributed by atoms with E-state index < -0.39 is 29.1 Å². The summed E-state index contributed by atoms with van der Waals surface area (Å²) >= 11 is 0. The highest BCUT2D eigenvalue weighted by Crippen LogP contribution is 2.24. The van der Waals surface area contributed by atoms with E-state index in [4.69, 9.17) is 4.74 Å². The van der Waals surface area contributed by atoms with E-state index in [1.54, 1.807) is 0 Å². The van der Waals surface area contributed by atoms with Crippen molar-refractivity contribution in [1.82, 2.24) is 0 Å². The van der Waals surface area contributed by atoms with Gasteiger partial charge in [-0.15, -0.1) is 0 Å². The van der Waals surface area contributed by atoms with Crippen LogP contribution in [0, 0.1) is 17.5 Å². The van der Waals surface area contributed by atoms with E-state index >= 15 is 0 Å². The lowest BCUT2D eigenvalue weighted by atomic mass is 10.1. The van der Waals surface area contributed by atoms with Crippen molar-refractivity contribution in [3.8, 4) is 5.75 Å². The third-order valence-corrected chi connectivity index (χ3v) is 2.99. The molecule has 0 radical (unpaired) electrons. The summed E-state index contributed by atoms with van der Waals surface area (Å²) in [6, 6.07) is 7.32. The summed E-state index contributed by atoms with van der Waals surface area (Å²) in [4.78, 5) is 0. The summed E-state index contributed by atoms with van der Waals surface area (Å²) in [5, 5.41) is 12.5. The highest BCUT2D eigenvalue weighted by molar-refractivity contribution is 5.49. The fraction of sp³-hybridized carbons (Fsp3) is 0.200. The van der Waals surface area contributed by atoms with E-state index in [1.807, 2.05) is 0 Å². The monoisotopic (exact) mass is 297 g/mol. The van der Waals surface area contributed by atoms with Crippen molar-refractivity contribution in [2.24, 2.45) is 0 Å². The van der Waals surface area contributed by atoms with Crippen molar-refractivity contribution in [2.45, 2.75) is 6.10 Å². The van der Waals surface area contributed by atoms with Gasteiger partial charge in [-0.05, 0) is 24.3 Å². The van der Waals surface area contributed by atoms with E-state index in [2.05, 4.69) is 5.32 Å². The Morgan fingerprint density at radius 3 is 2.38 bits per heavy atom. The molecule has 6 heteroatoms. The zero-order chi connectivity index (χ0) is 15.4. The van der Waals surface area contributed by atoms with Gasteiger partial charge >= 0.3 is 0 Å². The second-order valence-electron chi connectivity index (χ2n) is 4.38. The lowest BCUT2D eigenvalue weighted by Crippen LogP contribution is -2.15. The van der Waals surface area contributed by atoms with Gasteiger partial charge in [0.25, 0.3) is 0 Å². The number of aliphatic hydroxyl groups is 1. The molecule has 0 aromatic heterocycles. The van der Waals surface area contributed by atoms with E-state index in [0.717, 1.165) is 12.1 Å². The molecule has 1 atom stereocenters. The fourth-order valence-electron chi connectivity index (χ4n) is 1.90. The van der Waals surface area contributed by atoms with Crippen molar-refractivity contribution in [3.05, 3.63) is 59.4 Å². The Labute approximate surface area is 120 Å². The molecule has 0 aliphatic heterocycles. The van der Waals surface area contributed by atoms with Crippen LogP contribution < -0.4 is 10.1 Å². The largest absolute Gasteiger partial charge is 0.497 e. The van der Waals surface area contributed by atoms with Gasteiger partial charge in [0.1, 0.15) is 29.3 Å². The summed E-state index contributed by atoms with van der Waals surface area (Å²) in [7, 11) is 1.43. The van der Waals surface area contributed by atoms with Crippen molar-refractivity contribution in [1.29, 1.82) is 0 Å². The minimum Gasteiger partial charge on any atom is -0.497 e. The van der Waals surface area contributed by atoms with Crippen LogP contribution in [0.25, 0.3) is 0 Å². The second kappa shape index (κ2) is 6.49. The van der Waals surface area contributed by atoms with Gasteiger partial charge in [0, 0.05) is 12.6 Å². The summed E-state index contributed by atoms with van der Waals surface area (Å²) in [5.74, 6) is -1.84. The highest BCUT2D eigenvalue weighted by atomic mass is 19.1. The number of anilines is 1. The predicted octanol–water partition coefficient (Wildman–Crippen LogP) is 3.26. The summed E-state index contributed by atoms with van der Waals surface area (Å²) in [6.07, 6.45) is -1.45. The molecule has 112 valence electrons. The number of methoxy groups -OCH3 is 1. The zero-order valence-corrected chi connectivity index (χ0v) is 11.2. The van der Waals surface area contributed by atoms with Crippen LogP contribution in [0.4, 0.5) is 18.9 Å². The normalized spacial score (nSPS) is 12.0. The Morgan fingerprint density at radius 2 is 1.76 bits per heavy atom. The second-order valence-corrected chi connectivity index (χ2v) is 4.38. The molecule has 2 N–H and O–H groups in total. The van der Waals surface area contributed by atoms with Gasteiger partial charge in [-0.2, -0.15) is 0 Å². The molecule has 0 saturated heterocycles. The molecule has 2 rings (SSSR count). The van der Waals surface area contributed by atoms with Crippen LogP contribution in [0.2, 0.25) is 0 Å². The molecule has 0 fully saturated rings. The van der Waals surface area contributed by atoms with Gasteiger partial charge in [-0.1, -0.05) is 6.07 Å². The van der Waals surface area contributed by atoms with Crippen molar-refractivity contribution < 1.29 is 23.0 Å². The van der Waals surface area contributed by atoms with E-state index in [9.17, 15) is 18.3 Å². The molecule has 0 bridgehead atoms. The first-order valence-electron chi connectivity index (χ1n) is 6.22. The van der Waals surface area contributed by atoms with Crippen LogP contribution in [0.15, 0.2) is 36.4 Å². The molecule has 0 saturated carbocycles. The van der Waals surface area contributed by atoms with Crippen LogP contribution in [0.5, 0.6) is 5.75 Å². The molecule has 0 spiro atoms. The molecule has 2 aromatic rings. The van der Waals surface area contributed by atoms with E-state index in [0.29, 0.717) is 5.75 Å². The van der Waals surface area contributed by atoms with Gasteiger partial charge in [0.05, 0.1) is 18.4 Å². The molecule has 0 aliphatic carbocycles. The maximum absolute atomic E-state index is 13.6. The van der Waals surface area contributed by atoms with E-state index in [-0.39, 0.29) is 12.2 Å². The van der Waals surface area contributed by atoms with Crippen LogP contribution in [-0.2, 0) is 0 Å². The Kier molecular flexibility index (Phi) is 4.70. The number of rotatable bonds is 5. The van der Waals surface area contributed by atoms with Gasteiger partial charge in [0.2, 0.25) is 0 Å². The molecule has 2 aromatic carbocycles. The Bertz CT molecular complexity index is 614. The Hall–Kier alpha value is -2.21. The fourth-order valence-corrected chi connectivity index (χ4v) is 1.90. The minimum absolute atomic E-state index is 0.0742. The van der Waals surface area contributed by atoms with Crippen molar-refractivity contribution in [2.75, 3.05) is 19.0 Å². The highest BCUT2D eigenvalue weighted by Gasteiger charge is 2.18. The molecule has 1 unspecified atom stereocenters. The third-order valence-electron chi connectivity index (χ3n) is 2.99. The van der Waals surface area contributed by atoms with Gasteiger partial charge < -0.3 is 15.2 Å². The number of hydrogen-bond donors (Lipinski definition) is 2. The minimum atomic E-state index is -1.45. The number of halogens is 3. The van der Waals surface area contributed by atoms with Gasteiger partial charge in [-0.3, -0.25) is 0 Å². The van der Waals surface area contributed by atoms with Crippen molar-refractivity contribution >= 4 is 5.69 Å². The smallest absolute Gasteiger partial charge is 0.146 e. The topological polar surface area (TPSA) is 41.5 Å². The van der Waals surface area contributed by atoms with Crippen molar-refractivity contribution in [3.63, 3.8) is 0 Å². The third kappa shape index (κ3) is 3.46. The van der Waals surface area contributed by atoms with Gasteiger partial charge in [0.15, 0.2) is 0 Å². The molecule has 21 heavy (non-hydrogen) atoms. The Morgan fingerprint density at radius 1 is 1.10 bits per heavy atom. The summed E-state index contributed by atoms with van der Waals surface area (Å²) in [5.41, 5.74) is -0.376. The molecular formula is C15H14F3NO2. The lowest BCUT2D eigenvalue weighted by Gasteiger charge is -2.15. The molecule has 0 heterocycles. The molecule has 0 amide bonds. The average Bonchev–Trinajstić information content (AvgIpc) is 2.46. The molecular weight excluding hydrogens is 283 g/mol. The van der Waals surface area contributed by atoms with Crippen LogP contribution in [0.1, 0.15) is 11.7 Å². The quantitative estimate of drug-likeness (QED) is 0.890. The van der Waals surface area contributed by atoms with E-state index in [1.165, 1.54) is 31.4 Å². The maximum Gasteiger partial charge on any atom is 0.146 e. The Balaban J connectivity index is 2.13. The first-order valence-corrected chi connectivity index (χ1v) is 6.22. The number of hydrogen-bond acceptors (Lipinski definition) is 3.